The predicted octanol–water partition coefficient (Wildman–Crippen LogP) is 0.123. The van der Waals surface area contributed by atoms with Gasteiger partial charge in [-0.05, 0) is 12.5 Å². The van der Waals surface area contributed by atoms with E-state index < -0.39 is 4.92 Å². The fraction of sp³-hybridized carbons (Fsp3) is 0.111. The van der Waals surface area contributed by atoms with Crippen molar-refractivity contribution in [1.29, 1.82) is 0 Å². The smallest absolute Gasteiger partial charge is 0.295 e. The highest BCUT2D eigenvalue weighted by atomic mass is 16.6. The van der Waals surface area contributed by atoms with Crippen LogP contribution in [0.5, 0.6) is 0 Å². The Kier molecular flexibility index (Phi) is 3.60. The van der Waals surface area contributed by atoms with Gasteiger partial charge in [0.15, 0.2) is 5.96 Å². The molecule has 0 aliphatic heterocycles. The predicted molar refractivity (Wildman–Crippen MR) is 64.9 cm³/mol. The highest BCUT2D eigenvalue weighted by Gasteiger charge is 2.15. The molecular formula is C9H12N6O2. The third-order valence-electron chi connectivity index (χ3n) is 1.88. The first-order chi connectivity index (χ1) is 7.91. The molecule has 8 nitrogen and oxygen atoms in total. The summed E-state index contributed by atoms with van der Waals surface area (Å²) in [4.78, 5) is 17.6. The van der Waals surface area contributed by atoms with Crippen LogP contribution in [0.1, 0.15) is 5.56 Å². The third-order valence-corrected chi connectivity index (χ3v) is 1.88. The lowest BCUT2D eigenvalue weighted by atomic mass is 10.2. The Morgan fingerprint density at radius 3 is 2.53 bits per heavy atom. The second-order valence-electron chi connectivity index (χ2n) is 3.21. The third kappa shape index (κ3) is 3.16. The van der Waals surface area contributed by atoms with Gasteiger partial charge in [0.05, 0.1) is 4.92 Å². The number of benzene rings is 1. The normalized spacial score (nSPS) is 11.0. The van der Waals surface area contributed by atoms with Gasteiger partial charge in [-0.1, -0.05) is 12.1 Å². The number of aliphatic imine (C=N–C) groups is 2. The highest BCUT2D eigenvalue weighted by Crippen LogP contribution is 2.30. The summed E-state index contributed by atoms with van der Waals surface area (Å²) in [7, 11) is 0. The number of hydrogen-bond acceptors (Lipinski definition) is 3. The Morgan fingerprint density at radius 2 is 2.00 bits per heavy atom. The van der Waals surface area contributed by atoms with Crippen molar-refractivity contribution in [2.24, 2.45) is 27.2 Å². The summed E-state index contributed by atoms with van der Waals surface area (Å²) in [6, 6.07) is 4.56. The van der Waals surface area contributed by atoms with Gasteiger partial charge in [-0.15, -0.1) is 0 Å². The highest BCUT2D eigenvalue weighted by molar-refractivity contribution is 5.94. The number of hydrogen-bond donors (Lipinski definition) is 3. The van der Waals surface area contributed by atoms with Crippen LogP contribution in [-0.4, -0.2) is 16.8 Å². The fourth-order valence-electron chi connectivity index (χ4n) is 1.21. The first-order valence-corrected chi connectivity index (χ1v) is 4.59. The average molecular weight is 236 g/mol. The molecule has 0 saturated carbocycles. The Bertz CT molecular complexity index is 504. The number of nitro benzene ring substituents is 1. The molecule has 0 aliphatic carbocycles. The molecule has 0 saturated heterocycles. The van der Waals surface area contributed by atoms with Crippen LogP contribution in [0.3, 0.4) is 0 Å². The lowest BCUT2D eigenvalue weighted by Gasteiger charge is -2.01. The molecule has 0 aliphatic rings. The minimum absolute atomic E-state index is 0.139. The van der Waals surface area contributed by atoms with E-state index in [4.69, 9.17) is 17.2 Å². The van der Waals surface area contributed by atoms with E-state index in [2.05, 4.69) is 9.98 Å². The number of nitrogens with two attached hydrogens (primary N) is 3. The van der Waals surface area contributed by atoms with Gasteiger partial charge < -0.3 is 17.2 Å². The summed E-state index contributed by atoms with van der Waals surface area (Å²) in [5.41, 5.74) is 16.2. The summed E-state index contributed by atoms with van der Waals surface area (Å²) < 4.78 is 0. The van der Waals surface area contributed by atoms with E-state index in [1.807, 2.05) is 0 Å². The van der Waals surface area contributed by atoms with E-state index >= 15 is 0 Å². The summed E-state index contributed by atoms with van der Waals surface area (Å²) in [5, 5.41) is 10.8. The van der Waals surface area contributed by atoms with Gasteiger partial charge in [-0.25, -0.2) is 4.99 Å². The summed E-state index contributed by atoms with van der Waals surface area (Å²) in [5.74, 6) is -0.495. The van der Waals surface area contributed by atoms with E-state index in [1.165, 1.54) is 6.07 Å². The molecule has 90 valence electrons. The lowest BCUT2D eigenvalue weighted by molar-refractivity contribution is -0.384. The van der Waals surface area contributed by atoms with E-state index in [9.17, 15) is 10.1 Å². The van der Waals surface area contributed by atoms with Gasteiger partial charge in [0.1, 0.15) is 5.69 Å². The zero-order valence-corrected chi connectivity index (χ0v) is 9.12. The quantitative estimate of drug-likeness (QED) is 0.289. The van der Waals surface area contributed by atoms with Crippen molar-refractivity contribution in [3.63, 3.8) is 0 Å². The Morgan fingerprint density at radius 1 is 1.35 bits per heavy atom. The van der Waals surface area contributed by atoms with Crippen LogP contribution in [0.2, 0.25) is 0 Å². The van der Waals surface area contributed by atoms with Crippen LogP contribution in [0.4, 0.5) is 11.4 Å². The molecule has 0 atom stereocenters. The van der Waals surface area contributed by atoms with E-state index in [1.54, 1.807) is 19.1 Å². The first kappa shape index (κ1) is 12.4. The fourth-order valence-corrected chi connectivity index (χ4v) is 1.21. The number of aryl methyl sites for hydroxylation is 1. The average Bonchev–Trinajstić information content (AvgIpc) is 2.19. The minimum Gasteiger partial charge on any atom is -0.370 e. The van der Waals surface area contributed by atoms with Gasteiger partial charge in [-0.3, -0.25) is 10.1 Å². The molecule has 0 radical (unpaired) electrons. The molecule has 0 aromatic heterocycles. The standard InChI is InChI=1S/C9H12N6O2/c1-5-3-2-4-6(15(16)17)7(5)13-9(12)14-8(10)11/h2-4H,1H3,(H6,10,11,12,13,14). The van der Waals surface area contributed by atoms with Gasteiger partial charge in [0.2, 0.25) is 5.96 Å². The molecule has 0 unspecified atom stereocenters. The summed E-state index contributed by atoms with van der Waals surface area (Å²) in [6.07, 6.45) is 0. The van der Waals surface area contributed by atoms with Crippen molar-refractivity contribution in [1.82, 2.24) is 0 Å². The number of guanidine groups is 2. The maximum absolute atomic E-state index is 10.8. The van der Waals surface area contributed by atoms with Crippen LogP contribution in [0, 0.1) is 17.0 Å². The monoisotopic (exact) mass is 236 g/mol. The van der Waals surface area contributed by atoms with Crippen molar-refractivity contribution in [2.45, 2.75) is 6.92 Å². The molecule has 1 aromatic rings. The molecule has 1 aromatic carbocycles. The molecule has 8 heteroatoms. The number of nitro groups is 1. The van der Waals surface area contributed by atoms with Crippen molar-refractivity contribution < 1.29 is 4.92 Å². The number of nitrogens with zero attached hydrogens (tertiary/aromatic N) is 3. The van der Waals surface area contributed by atoms with E-state index in [-0.39, 0.29) is 23.3 Å². The van der Waals surface area contributed by atoms with Crippen LogP contribution in [-0.2, 0) is 0 Å². The van der Waals surface area contributed by atoms with Crippen LogP contribution < -0.4 is 17.2 Å². The van der Waals surface area contributed by atoms with Crippen LogP contribution in [0.15, 0.2) is 28.2 Å². The van der Waals surface area contributed by atoms with Crippen molar-refractivity contribution in [2.75, 3.05) is 0 Å². The Balaban J connectivity index is 3.31. The molecule has 1 rings (SSSR count). The van der Waals surface area contributed by atoms with Gasteiger partial charge in [0, 0.05) is 6.07 Å². The lowest BCUT2D eigenvalue weighted by Crippen LogP contribution is -2.26. The second-order valence-corrected chi connectivity index (χ2v) is 3.21. The molecule has 6 N–H and O–H groups in total. The van der Waals surface area contributed by atoms with Crippen molar-refractivity contribution >= 4 is 23.3 Å². The molecule has 0 amide bonds. The topological polar surface area (TPSA) is 146 Å². The summed E-state index contributed by atoms with van der Waals surface area (Å²) in [6.45, 7) is 1.68. The zero-order chi connectivity index (χ0) is 13.0. The van der Waals surface area contributed by atoms with E-state index in [0.717, 1.165) is 0 Å². The number of para-hydroxylation sites is 1. The molecular weight excluding hydrogens is 224 g/mol. The zero-order valence-electron chi connectivity index (χ0n) is 9.12. The summed E-state index contributed by atoms with van der Waals surface area (Å²) >= 11 is 0. The minimum atomic E-state index is -0.547. The Labute approximate surface area is 97.0 Å². The van der Waals surface area contributed by atoms with Crippen LogP contribution in [0.25, 0.3) is 0 Å². The number of rotatable bonds is 2. The van der Waals surface area contributed by atoms with Gasteiger partial charge in [0.25, 0.3) is 5.69 Å². The van der Waals surface area contributed by atoms with E-state index in [0.29, 0.717) is 5.56 Å². The van der Waals surface area contributed by atoms with Gasteiger partial charge >= 0.3 is 0 Å². The molecule has 17 heavy (non-hydrogen) atoms. The van der Waals surface area contributed by atoms with Crippen molar-refractivity contribution in [3.05, 3.63) is 33.9 Å². The van der Waals surface area contributed by atoms with Crippen molar-refractivity contribution in [3.8, 4) is 0 Å². The molecule has 0 fully saturated rings. The molecule has 0 spiro atoms. The largest absolute Gasteiger partial charge is 0.370 e. The molecule has 0 heterocycles. The maximum atomic E-state index is 10.8. The first-order valence-electron chi connectivity index (χ1n) is 4.59. The SMILES string of the molecule is Cc1cccc([N+](=O)[O-])c1N=C(N)N=C(N)N. The maximum Gasteiger partial charge on any atom is 0.295 e. The molecule has 0 bridgehead atoms. The second kappa shape index (κ2) is 4.92. The Hall–Kier alpha value is -2.64. The van der Waals surface area contributed by atoms with Gasteiger partial charge in [-0.2, -0.15) is 4.99 Å². The van der Waals surface area contributed by atoms with Crippen LogP contribution >= 0.6 is 0 Å².